The molecule has 1 N–H and O–H groups in total. The molecule has 0 aliphatic heterocycles. The molecule has 7 heteroatoms. The Labute approximate surface area is 172 Å². The van der Waals surface area contributed by atoms with Crippen LogP contribution in [0.5, 0.6) is 5.75 Å². The van der Waals surface area contributed by atoms with Crippen LogP contribution in [0, 0.1) is 10.5 Å². The Hall–Kier alpha value is -2.29. The Bertz CT molecular complexity index is 915. The zero-order valence-electron chi connectivity index (χ0n) is 15.5. The third kappa shape index (κ3) is 4.71. The summed E-state index contributed by atoms with van der Waals surface area (Å²) in [5.41, 5.74) is 2.05. The molecule has 1 unspecified atom stereocenters. The zero-order chi connectivity index (χ0) is 19.4. The minimum Gasteiger partial charge on any atom is -0.486 e. The normalized spacial score (nSPS) is 12.0. The zero-order valence-corrected chi connectivity index (χ0v) is 17.7. The number of halogens is 1. The molecule has 1 aromatic carbocycles. The Morgan fingerprint density at radius 3 is 2.70 bits per heavy atom. The molecular formula is C20H22IN3O3. The Balaban J connectivity index is 1.59. The van der Waals surface area contributed by atoms with Crippen molar-refractivity contribution >= 4 is 28.5 Å². The lowest BCUT2D eigenvalue weighted by atomic mass is 10.1. The van der Waals surface area contributed by atoms with Crippen molar-refractivity contribution in [2.75, 3.05) is 0 Å². The molecule has 0 aliphatic rings. The van der Waals surface area contributed by atoms with E-state index in [0.717, 1.165) is 27.1 Å². The summed E-state index contributed by atoms with van der Waals surface area (Å²) in [6.45, 7) is 7.04. The van der Waals surface area contributed by atoms with Crippen LogP contribution in [0.3, 0.4) is 0 Å². The number of hydrogen-bond donors (Lipinski definition) is 1. The van der Waals surface area contributed by atoms with E-state index in [1.54, 1.807) is 18.3 Å². The van der Waals surface area contributed by atoms with Gasteiger partial charge in [0.25, 0.3) is 5.91 Å². The minimum absolute atomic E-state index is 0.158. The summed E-state index contributed by atoms with van der Waals surface area (Å²) in [6, 6.07) is 11.0. The Kier molecular flexibility index (Phi) is 6.20. The molecular weight excluding hydrogens is 457 g/mol. The molecule has 1 atom stereocenters. The predicted molar refractivity (Wildman–Crippen MR) is 111 cm³/mol. The molecule has 1 amide bonds. The van der Waals surface area contributed by atoms with Crippen LogP contribution in [0.4, 0.5) is 0 Å². The van der Waals surface area contributed by atoms with Gasteiger partial charge in [-0.15, -0.1) is 0 Å². The molecule has 0 fully saturated rings. The van der Waals surface area contributed by atoms with E-state index in [-0.39, 0.29) is 24.3 Å². The van der Waals surface area contributed by atoms with Gasteiger partial charge in [0.15, 0.2) is 5.76 Å². The number of furan rings is 1. The van der Waals surface area contributed by atoms with Crippen molar-refractivity contribution in [3.63, 3.8) is 0 Å². The topological polar surface area (TPSA) is 69.3 Å². The van der Waals surface area contributed by atoms with E-state index in [2.05, 4.69) is 33.0 Å². The quantitative estimate of drug-likeness (QED) is 0.508. The highest BCUT2D eigenvalue weighted by Gasteiger charge is 2.18. The van der Waals surface area contributed by atoms with Crippen molar-refractivity contribution < 1.29 is 13.9 Å². The number of carbonyl (C=O) groups is 1. The Morgan fingerprint density at radius 2 is 2.04 bits per heavy atom. The highest BCUT2D eigenvalue weighted by molar-refractivity contribution is 14.1. The highest BCUT2D eigenvalue weighted by atomic mass is 127. The van der Waals surface area contributed by atoms with Crippen LogP contribution in [-0.2, 0) is 13.2 Å². The molecule has 3 rings (SSSR count). The van der Waals surface area contributed by atoms with Gasteiger partial charge in [0.2, 0.25) is 0 Å². The number of benzene rings is 1. The van der Waals surface area contributed by atoms with Crippen LogP contribution in [0.1, 0.15) is 47.5 Å². The second kappa shape index (κ2) is 8.60. The second-order valence-electron chi connectivity index (χ2n) is 6.20. The maximum absolute atomic E-state index is 12.5. The lowest BCUT2D eigenvalue weighted by Gasteiger charge is -2.13. The van der Waals surface area contributed by atoms with Gasteiger partial charge in [0.1, 0.15) is 18.1 Å². The number of rotatable bonds is 7. The number of hydrogen-bond acceptors (Lipinski definition) is 4. The van der Waals surface area contributed by atoms with Gasteiger partial charge in [0, 0.05) is 21.4 Å². The van der Waals surface area contributed by atoms with Crippen molar-refractivity contribution in [1.29, 1.82) is 0 Å². The summed E-state index contributed by atoms with van der Waals surface area (Å²) in [6.07, 6.45) is 1.80. The number of aromatic nitrogens is 2. The average Bonchev–Trinajstić information content (AvgIpc) is 3.27. The fourth-order valence-corrected chi connectivity index (χ4v) is 3.17. The van der Waals surface area contributed by atoms with Crippen LogP contribution in [0.25, 0.3) is 0 Å². The summed E-state index contributed by atoms with van der Waals surface area (Å²) in [4.78, 5) is 12.5. The van der Waals surface area contributed by atoms with Crippen LogP contribution < -0.4 is 10.1 Å². The van der Waals surface area contributed by atoms with E-state index >= 15 is 0 Å². The van der Waals surface area contributed by atoms with Gasteiger partial charge in [0.05, 0.1) is 12.2 Å². The molecule has 0 saturated heterocycles. The molecule has 0 spiro atoms. The lowest BCUT2D eigenvalue weighted by Crippen LogP contribution is -2.26. The van der Waals surface area contributed by atoms with Crippen LogP contribution in [-0.4, -0.2) is 15.7 Å². The van der Waals surface area contributed by atoms with E-state index in [0.29, 0.717) is 5.76 Å². The van der Waals surface area contributed by atoms with Crippen molar-refractivity contribution in [2.24, 2.45) is 0 Å². The molecule has 2 heterocycles. The number of aryl methyl sites for hydroxylation is 1. The van der Waals surface area contributed by atoms with Gasteiger partial charge >= 0.3 is 0 Å². The molecule has 142 valence electrons. The van der Waals surface area contributed by atoms with Gasteiger partial charge < -0.3 is 14.5 Å². The van der Waals surface area contributed by atoms with Crippen LogP contribution >= 0.6 is 22.6 Å². The highest BCUT2D eigenvalue weighted by Crippen LogP contribution is 2.19. The third-order valence-corrected chi connectivity index (χ3v) is 5.05. The Morgan fingerprint density at radius 1 is 1.30 bits per heavy atom. The first-order valence-electron chi connectivity index (χ1n) is 8.78. The lowest BCUT2D eigenvalue weighted by molar-refractivity contribution is 0.0907. The number of ether oxygens (including phenoxy) is 1. The van der Waals surface area contributed by atoms with Gasteiger partial charge in [-0.3, -0.25) is 9.48 Å². The summed E-state index contributed by atoms with van der Waals surface area (Å²) in [7, 11) is 0. The van der Waals surface area contributed by atoms with Crippen molar-refractivity contribution in [1.82, 2.24) is 15.1 Å². The molecule has 0 radical (unpaired) electrons. The predicted octanol–water partition coefficient (Wildman–Crippen LogP) is 4.48. The third-order valence-electron chi connectivity index (χ3n) is 4.33. The van der Waals surface area contributed by atoms with Gasteiger partial charge in [-0.25, -0.2) is 0 Å². The molecule has 0 aliphatic carbocycles. The number of amides is 1. The molecule has 0 saturated carbocycles. The molecule has 0 bridgehead atoms. The van der Waals surface area contributed by atoms with Crippen LogP contribution in [0.2, 0.25) is 0 Å². The SMILES string of the molecule is CCn1ncc(C(C)NC(=O)c2ccc(COc3ccc(I)cc3)o2)c1C. The molecule has 27 heavy (non-hydrogen) atoms. The number of nitrogens with one attached hydrogen (secondary N) is 1. The second-order valence-corrected chi connectivity index (χ2v) is 7.45. The standard InChI is InChI=1S/C20H22IN3O3/c1-4-24-14(3)18(11-22-24)13(2)23-20(25)19-10-9-17(27-19)12-26-16-7-5-15(21)6-8-16/h5-11,13H,4,12H2,1-3H3,(H,23,25). The van der Waals surface area contributed by atoms with Gasteiger partial charge in [-0.1, -0.05) is 0 Å². The first-order chi connectivity index (χ1) is 13.0. The summed E-state index contributed by atoms with van der Waals surface area (Å²) in [5, 5.41) is 7.28. The number of nitrogens with zero attached hydrogens (tertiary/aromatic N) is 2. The maximum atomic E-state index is 12.5. The summed E-state index contributed by atoms with van der Waals surface area (Å²) >= 11 is 2.24. The van der Waals surface area contributed by atoms with Crippen molar-refractivity contribution in [3.8, 4) is 5.75 Å². The van der Waals surface area contributed by atoms with Gasteiger partial charge in [-0.2, -0.15) is 5.10 Å². The molecule has 2 aromatic heterocycles. The van der Waals surface area contributed by atoms with Crippen LogP contribution in [0.15, 0.2) is 47.0 Å². The van der Waals surface area contributed by atoms with Crippen molar-refractivity contribution in [3.05, 3.63) is 68.9 Å². The summed E-state index contributed by atoms with van der Waals surface area (Å²) in [5.74, 6) is 1.37. The van der Waals surface area contributed by atoms with E-state index in [1.807, 2.05) is 49.7 Å². The monoisotopic (exact) mass is 479 g/mol. The van der Waals surface area contributed by atoms with E-state index < -0.39 is 0 Å². The van der Waals surface area contributed by atoms with Crippen molar-refractivity contribution in [2.45, 2.75) is 40.0 Å². The van der Waals surface area contributed by atoms with Gasteiger partial charge in [-0.05, 0) is 79.8 Å². The summed E-state index contributed by atoms with van der Waals surface area (Å²) < 4.78 is 14.4. The average molecular weight is 479 g/mol. The maximum Gasteiger partial charge on any atom is 0.287 e. The molecule has 6 nitrogen and oxygen atoms in total. The largest absolute Gasteiger partial charge is 0.486 e. The van der Waals surface area contributed by atoms with E-state index in [4.69, 9.17) is 9.15 Å². The first-order valence-corrected chi connectivity index (χ1v) is 9.86. The number of carbonyl (C=O) groups excluding carboxylic acids is 1. The fraction of sp³-hybridized carbons (Fsp3) is 0.300. The van der Waals surface area contributed by atoms with E-state index in [9.17, 15) is 4.79 Å². The minimum atomic E-state index is -0.258. The smallest absolute Gasteiger partial charge is 0.287 e. The molecule has 3 aromatic rings. The fourth-order valence-electron chi connectivity index (χ4n) is 2.81. The van der Waals surface area contributed by atoms with E-state index in [1.165, 1.54) is 0 Å². The first kappa shape index (κ1) is 19.5.